The van der Waals surface area contributed by atoms with Gasteiger partial charge in [0.25, 0.3) is 0 Å². The van der Waals surface area contributed by atoms with Crippen molar-refractivity contribution in [2.75, 3.05) is 18.0 Å². The van der Waals surface area contributed by atoms with Gasteiger partial charge in [0.1, 0.15) is 11.5 Å². The number of aliphatic hydroxyl groups is 1. The van der Waals surface area contributed by atoms with Gasteiger partial charge in [-0.05, 0) is 37.1 Å². The Hall–Kier alpha value is -3.00. The van der Waals surface area contributed by atoms with Crippen LogP contribution in [0.5, 0.6) is 0 Å². The number of piperidine rings is 1. The maximum absolute atomic E-state index is 13.2. The molecule has 0 spiro atoms. The normalized spacial score (nSPS) is 15.5. The Balaban J connectivity index is 1.80. The van der Waals surface area contributed by atoms with E-state index in [0.717, 1.165) is 12.1 Å². The van der Waals surface area contributed by atoms with Crippen LogP contribution in [0.25, 0.3) is 22.8 Å². The minimum Gasteiger partial charge on any atom is -0.393 e. The second-order valence-electron chi connectivity index (χ2n) is 6.95. The van der Waals surface area contributed by atoms with E-state index in [4.69, 9.17) is 0 Å². The molecule has 5 nitrogen and oxygen atoms in total. The molecule has 1 aliphatic rings. The number of aromatic nitrogens is 3. The van der Waals surface area contributed by atoms with E-state index in [1.54, 1.807) is 36.5 Å². The number of pyridine rings is 1. The van der Waals surface area contributed by atoms with Gasteiger partial charge in [0.05, 0.1) is 17.4 Å². The molecule has 29 heavy (non-hydrogen) atoms. The van der Waals surface area contributed by atoms with Crippen LogP contribution in [0.2, 0.25) is 0 Å². The fraction of sp³-hybridized carbons (Fsp3) is 0.286. The molecule has 0 radical (unpaired) electrons. The predicted molar refractivity (Wildman–Crippen MR) is 103 cm³/mol. The predicted octanol–water partition coefficient (Wildman–Crippen LogP) is 4.19. The summed E-state index contributed by atoms with van der Waals surface area (Å²) in [5, 5.41) is 9.77. The monoisotopic (exact) mass is 400 g/mol. The van der Waals surface area contributed by atoms with Gasteiger partial charge in [0, 0.05) is 30.9 Å². The largest absolute Gasteiger partial charge is 0.416 e. The standard InChI is InChI=1S/C21H19F3N4O/c22-21(23,24)15-5-3-4-14(12-15)18-13-19(28-10-7-16(29)8-11-28)27-20(26-18)17-6-1-2-9-25-17/h1-6,9,12-13,16,29H,7-8,10-11H2. The molecule has 4 rings (SSSR count). The number of alkyl halides is 3. The second kappa shape index (κ2) is 7.79. The molecule has 0 amide bonds. The smallest absolute Gasteiger partial charge is 0.393 e. The third-order valence-corrected chi connectivity index (χ3v) is 4.88. The number of halogens is 3. The van der Waals surface area contributed by atoms with E-state index in [1.807, 2.05) is 4.90 Å². The van der Waals surface area contributed by atoms with Crippen molar-refractivity contribution in [3.63, 3.8) is 0 Å². The van der Waals surface area contributed by atoms with E-state index in [9.17, 15) is 18.3 Å². The van der Waals surface area contributed by atoms with Crippen LogP contribution in [-0.4, -0.2) is 39.3 Å². The molecule has 0 atom stereocenters. The number of anilines is 1. The van der Waals surface area contributed by atoms with E-state index in [-0.39, 0.29) is 6.10 Å². The molecule has 1 aromatic carbocycles. The highest BCUT2D eigenvalue weighted by Crippen LogP contribution is 2.33. The minimum atomic E-state index is -4.43. The lowest BCUT2D eigenvalue weighted by molar-refractivity contribution is -0.137. The summed E-state index contributed by atoms with van der Waals surface area (Å²) < 4.78 is 39.5. The molecule has 3 heterocycles. The third-order valence-electron chi connectivity index (χ3n) is 4.88. The average molecular weight is 400 g/mol. The van der Waals surface area contributed by atoms with Crippen molar-refractivity contribution in [2.24, 2.45) is 0 Å². The van der Waals surface area contributed by atoms with E-state index >= 15 is 0 Å². The van der Waals surface area contributed by atoms with Gasteiger partial charge in [0.2, 0.25) is 0 Å². The van der Waals surface area contributed by atoms with Gasteiger partial charge in [-0.25, -0.2) is 9.97 Å². The fourth-order valence-electron chi connectivity index (χ4n) is 3.30. The Kier molecular flexibility index (Phi) is 5.19. The Morgan fingerprint density at radius 3 is 2.41 bits per heavy atom. The maximum atomic E-state index is 13.2. The summed E-state index contributed by atoms with van der Waals surface area (Å²) in [5.74, 6) is 0.960. The van der Waals surface area contributed by atoms with Crippen LogP contribution in [0.3, 0.4) is 0 Å². The molecule has 0 aliphatic carbocycles. The van der Waals surface area contributed by atoms with Crippen LogP contribution in [0, 0.1) is 0 Å². The average Bonchev–Trinajstić information content (AvgIpc) is 2.74. The SMILES string of the molecule is OC1CCN(c2cc(-c3cccc(C(F)(F)F)c3)nc(-c3ccccn3)n2)CC1. The number of nitrogens with zero attached hydrogens (tertiary/aromatic N) is 4. The highest BCUT2D eigenvalue weighted by molar-refractivity contribution is 5.67. The first-order valence-electron chi connectivity index (χ1n) is 9.31. The molecule has 3 aromatic rings. The number of aliphatic hydroxyl groups excluding tert-OH is 1. The zero-order valence-corrected chi connectivity index (χ0v) is 15.5. The van der Waals surface area contributed by atoms with Gasteiger partial charge in [-0.2, -0.15) is 13.2 Å². The minimum absolute atomic E-state index is 0.341. The molecule has 1 saturated heterocycles. The molecule has 1 aliphatic heterocycles. The lowest BCUT2D eigenvalue weighted by Crippen LogP contribution is -2.36. The lowest BCUT2D eigenvalue weighted by atomic mass is 10.1. The first-order valence-corrected chi connectivity index (χ1v) is 9.31. The van der Waals surface area contributed by atoms with Gasteiger partial charge >= 0.3 is 6.18 Å². The first-order chi connectivity index (χ1) is 13.9. The molecule has 150 valence electrons. The number of hydrogen-bond donors (Lipinski definition) is 1. The van der Waals surface area contributed by atoms with Crippen molar-refractivity contribution in [3.05, 3.63) is 60.3 Å². The lowest BCUT2D eigenvalue weighted by Gasteiger charge is -2.30. The Bertz CT molecular complexity index is 987. The van der Waals surface area contributed by atoms with E-state index < -0.39 is 11.7 Å². The van der Waals surface area contributed by atoms with Gasteiger partial charge in [0.15, 0.2) is 5.82 Å². The third kappa shape index (κ3) is 4.37. The topological polar surface area (TPSA) is 62.1 Å². The summed E-state index contributed by atoms with van der Waals surface area (Å²) >= 11 is 0. The fourth-order valence-corrected chi connectivity index (χ4v) is 3.30. The van der Waals surface area contributed by atoms with Gasteiger partial charge in [-0.1, -0.05) is 18.2 Å². The summed E-state index contributed by atoms with van der Waals surface area (Å²) in [6.07, 6.45) is -1.93. The van der Waals surface area contributed by atoms with Crippen LogP contribution >= 0.6 is 0 Å². The zero-order valence-electron chi connectivity index (χ0n) is 15.5. The summed E-state index contributed by atoms with van der Waals surface area (Å²) in [6.45, 7) is 1.23. The second-order valence-corrected chi connectivity index (χ2v) is 6.95. The first kappa shape index (κ1) is 19.3. The zero-order chi connectivity index (χ0) is 20.4. The number of hydrogen-bond acceptors (Lipinski definition) is 5. The Morgan fingerprint density at radius 2 is 1.72 bits per heavy atom. The van der Waals surface area contributed by atoms with Crippen LogP contribution in [0.1, 0.15) is 18.4 Å². The number of benzene rings is 1. The number of rotatable bonds is 3. The molecule has 0 bridgehead atoms. The summed E-state index contributed by atoms with van der Waals surface area (Å²) in [5.41, 5.74) is 0.570. The van der Waals surface area contributed by atoms with Crippen LogP contribution in [0.15, 0.2) is 54.7 Å². The molecular formula is C21H19F3N4O. The van der Waals surface area contributed by atoms with E-state index in [0.29, 0.717) is 54.5 Å². The van der Waals surface area contributed by atoms with Gasteiger partial charge in [-0.15, -0.1) is 0 Å². The highest BCUT2D eigenvalue weighted by atomic mass is 19.4. The molecule has 1 fully saturated rings. The van der Waals surface area contributed by atoms with Crippen molar-refractivity contribution in [1.29, 1.82) is 0 Å². The van der Waals surface area contributed by atoms with Crippen LogP contribution < -0.4 is 4.90 Å². The summed E-state index contributed by atoms with van der Waals surface area (Å²) in [6, 6.07) is 12.1. The van der Waals surface area contributed by atoms with E-state index in [2.05, 4.69) is 15.0 Å². The van der Waals surface area contributed by atoms with Crippen molar-refractivity contribution in [3.8, 4) is 22.8 Å². The summed E-state index contributed by atoms with van der Waals surface area (Å²) in [4.78, 5) is 15.4. The molecule has 0 unspecified atom stereocenters. The Labute approximate surface area is 165 Å². The quantitative estimate of drug-likeness (QED) is 0.715. The van der Waals surface area contributed by atoms with Gasteiger partial charge < -0.3 is 10.0 Å². The molecule has 1 N–H and O–H groups in total. The molecule has 0 saturated carbocycles. The highest BCUT2D eigenvalue weighted by Gasteiger charge is 2.30. The maximum Gasteiger partial charge on any atom is 0.416 e. The van der Waals surface area contributed by atoms with Crippen molar-refractivity contribution in [2.45, 2.75) is 25.1 Å². The van der Waals surface area contributed by atoms with Crippen LogP contribution in [-0.2, 0) is 6.18 Å². The van der Waals surface area contributed by atoms with E-state index in [1.165, 1.54) is 6.07 Å². The molecule has 2 aromatic heterocycles. The molecule has 8 heteroatoms. The van der Waals surface area contributed by atoms with Crippen molar-refractivity contribution in [1.82, 2.24) is 15.0 Å². The van der Waals surface area contributed by atoms with Crippen LogP contribution in [0.4, 0.5) is 19.0 Å². The van der Waals surface area contributed by atoms with Gasteiger partial charge in [-0.3, -0.25) is 4.98 Å². The van der Waals surface area contributed by atoms with Crippen molar-refractivity contribution >= 4 is 5.82 Å². The molecular weight excluding hydrogens is 381 g/mol. The Morgan fingerprint density at radius 1 is 0.931 bits per heavy atom. The summed E-state index contributed by atoms with van der Waals surface area (Å²) in [7, 11) is 0. The van der Waals surface area contributed by atoms with Crippen molar-refractivity contribution < 1.29 is 18.3 Å².